The van der Waals surface area contributed by atoms with Crippen LogP contribution < -0.4 is 16.0 Å². The van der Waals surface area contributed by atoms with Crippen LogP contribution in [-0.4, -0.2) is 29.1 Å². The van der Waals surface area contributed by atoms with Crippen molar-refractivity contribution in [3.63, 3.8) is 0 Å². The maximum absolute atomic E-state index is 13.9. The molecule has 1 aliphatic heterocycles. The lowest BCUT2D eigenvalue weighted by atomic mass is 9.95. The van der Waals surface area contributed by atoms with Crippen molar-refractivity contribution in [2.45, 2.75) is 71.6 Å². The van der Waals surface area contributed by atoms with Crippen molar-refractivity contribution in [1.29, 1.82) is 0 Å². The first-order valence-corrected chi connectivity index (χ1v) is 14.2. The van der Waals surface area contributed by atoms with Crippen LogP contribution in [0.25, 0.3) is 10.4 Å². The first-order valence-electron chi connectivity index (χ1n) is 12.6. The normalized spacial score (nSPS) is 15.0. The number of halogens is 1. The summed E-state index contributed by atoms with van der Waals surface area (Å²) in [5.41, 5.74) is 3.81. The van der Waals surface area contributed by atoms with Crippen molar-refractivity contribution in [1.82, 2.24) is 15.6 Å². The molecule has 3 aromatic rings. The number of amides is 2. The maximum atomic E-state index is 13.9. The number of thiophene rings is 2. The number of hydrogen-bond acceptors (Lipinski definition) is 7. The number of urea groups is 1. The molecular weight excluding hydrogens is 511 g/mol. The van der Waals surface area contributed by atoms with E-state index < -0.39 is 17.5 Å². The number of hydrogen-bond donors (Lipinski definition) is 3. The minimum atomic E-state index is -0.629. The zero-order valence-electron chi connectivity index (χ0n) is 21.3. The molecule has 4 heterocycles. The van der Waals surface area contributed by atoms with Crippen LogP contribution in [0.15, 0.2) is 18.3 Å². The van der Waals surface area contributed by atoms with Gasteiger partial charge in [0.2, 0.25) is 5.95 Å². The topological polar surface area (TPSA) is 92.3 Å². The number of nitrogens with one attached hydrogen (secondary N) is 3. The predicted molar refractivity (Wildman–Crippen MR) is 145 cm³/mol. The monoisotopic (exact) mass is 542 g/mol. The second-order valence-corrected chi connectivity index (χ2v) is 12.5. The summed E-state index contributed by atoms with van der Waals surface area (Å²) in [4.78, 5) is 33.2. The summed E-state index contributed by atoms with van der Waals surface area (Å²) < 4.78 is 19.6. The Morgan fingerprint density at radius 2 is 1.95 bits per heavy atom. The average molecular weight is 543 g/mol. The number of anilines is 1. The predicted octanol–water partition coefficient (Wildman–Crippen LogP) is 5.81. The largest absolute Gasteiger partial charge is 0.456 e. The van der Waals surface area contributed by atoms with Gasteiger partial charge in [-0.2, -0.15) is 4.39 Å². The van der Waals surface area contributed by atoms with Crippen molar-refractivity contribution in [3.8, 4) is 10.4 Å². The van der Waals surface area contributed by atoms with Crippen molar-refractivity contribution in [2.24, 2.45) is 0 Å². The van der Waals surface area contributed by atoms with E-state index in [0.29, 0.717) is 17.1 Å². The zero-order chi connectivity index (χ0) is 26.2. The van der Waals surface area contributed by atoms with Crippen LogP contribution in [0.3, 0.4) is 0 Å². The van der Waals surface area contributed by atoms with Gasteiger partial charge in [-0.15, -0.1) is 22.7 Å². The van der Waals surface area contributed by atoms with Gasteiger partial charge < -0.3 is 15.4 Å². The molecule has 0 aromatic carbocycles. The van der Waals surface area contributed by atoms with E-state index in [9.17, 15) is 14.0 Å². The van der Waals surface area contributed by atoms with E-state index in [2.05, 4.69) is 20.9 Å². The Morgan fingerprint density at radius 1 is 1.14 bits per heavy atom. The molecule has 0 saturated carbocycles. The molecule has 0 bridgehead atoms. The Labute approximate surface area is 223 Å². The van der Waals surface area contributed by atoms with E-state index in [1.165, 1.54) is 34.0 Å². The van der Waals surface area contributed by atoms with E-state index in [0.717, 1.165) is 71.6 Å². The quantitative estimate of drug-likeness (QED) is 0.279. The standard InChI is InChI=1S/C27H31FN4O3S2/c1-27(2,3)35-25(33)22-17-6-4-5-7-19(17)37-24(22)32-26(34)31-13-18-16-9-10-29-14-20(16)36-23(18)15-8-11-30-21(28)12-15/h8,11-12,29H,4-7,9-10,13-14H2,1-3H3,(H2,31,32,34). The molecular formula is C27H31FN4O3S2. The number of fused-ring (bicyclic) bond motifs is 2. The van der Waals surface area contributed by atoms with Crippen LogP contribution in [0.1, 0.15) is 70.4 Å². The zero-order valence-corrected chi connectivity index (χ0v) is 22.9. The summed E-state index contributed by atoms with van der Waals surface area (Å²) in [6.07, 6.45) is 6.11. The van der Waals surface area contributed by atoms with Gasteiger partial charge in [-0.05, 0) is 87.7 Å². The van der Waals surface area contributed by atoms with Crippen molar-refractivity contribution in [3.05, 3.63) is 56.3 Å². The molecule has 2 aliphatic rings. The number of carbonyl (C=O) groups is 2. The van der Waals surface area contributed by atoms with Crippen LogP contribution in [0.4, 0.5) is 14.2 Å². The molecule has 3 N–H and O–H groups in total. The Balaban J connectivity index is 1.38. The Hall–Kier alpha value is -2.82. The first kappa shape index (κ1) is 25.8. The summed E-state index contributed by atoms with van der Waals surface area (Å²) in [6, 6.07) is 2.84. The molecule has 1 aliphatic carbocycles. The number of ether oxygens (including phenoxy) is 1. The Morgan fingerprint density at radius 3 is 2.73 bits per heavy atom. The third kappa shape index (κ3) is 5.71. The van der Waals surface area contributed by atoms with Crippen LogP contribution in [0, 0.1) is 5.95 Å². The minimum Gasteiger partial charge on any atom is -0.456 e. The number of pyridine rings is 1. The molecule has 2 amide bonds. The molecule has 3 aromatic heterocycles. The van der Waals surface area contributed by atoms with Crippen molar-refractivity contribution >= 4 is 39.7 Å². The highest BCUT2D eigenvalue weighted by molar-refractivity contribution is 7.17. The minimum absolute atomic E-state index is 0.295. The lowest BCUT2D eigenvalue weighted by Crippen LogP contribution is -2.30. The summed E-state index contributed by atoms with van der Waals surface area (Å²) in [5.74, 6) is -0.932. The van der Waals surface area contributed by atoms with Gasteiger partial charge in [-0.1, -0.05) is 0 Å². The van der Waals surface area contributed by atoms with Crippen LogP contribution in [0.2, 0.25) is 0 Å². The van der Waals surface area contributed by atoms with Crippen LogP contribution in [-0.2, 0) is 37.1 Å². The molecule has 0 radical (unpaired) electrons. The lowest BCUT2D eigenvalue weighted by Gasteiger charge is -2.21. The van der Waals surface area contributed by atoms with Crippen molar-refractivity contribution in [2.75, 3.05) is 11.9 Å². The summed E-state index contributed by atoms with van der Waals surface area (Å²) in [6.45, 7) is 7.43. The number of rotatable bonds is 5. The van der Waals surface area contributed by atoms with E-state index in [-0.39, 0.29) is 6.03 Å². The third-order valence-electron chi connectivity index (χ3n) is 6.45. The highest BCUT2D eigenvalue weighted by atomic mass is 32.1. The summed E-state index contributed by atoms with van der Waals surface area (Å²) in [5, 5.41) is 9.83. The average Bonchev–Trinajstić information content (AvgIpc) is 3.39. The molecule has 37 heavy (non-hydrogen) atoms. The molecule has 196 valence electrons. The van der Waals surface area contributed by atoms with E-state index in [1.54, 1.807) is 17.4 Å². The smallest absolute Gasteiger partial charge is 0.341 e. The summed E-state index contributed by atoms with van der Waals surface area (Å²) in [7, 11) is 0. The first-order chi connectivity index (χ1) is 17.7. The number of carbonyl (C=O) groups excluding carboxylic acids is 2. The van der Waals surface area contributed by atoms with Gasteiger partial charge in [0.1, 0.15) is 10.6 Å². The van der Waals surface area contributed by atoms with E-state index in [1.807, 2.05) is 20.8 Å². The van der Waals surface area contributed by atoms with E-state index in [4.69, 9.17) is 4.74 Å². The van der Waals surface area contributed by atoms with Gasteiger partial charge in [0.15, 0.2) is 0 Å². The number of nitrogens with zero attached hydrogens (tertiary/aromatic N) is 1. The maximum Gasteiger partial charge on any atom is 0.341 e. The van der Waals surface area contributed by atoms with Gasteiger partial charge in [-0.25, -0.2) is 14.6 Å². The number of aromatic nitrogens is 1. The third-order valence-corrected chi connectivity index (χ3v) is 8.98. The molecule has 10 heteroatoms. The second-order valence-electron chi connectivity index (χ2n) is 10.3. The fourth-order valence-corrected chi connectivity index (χ4v) is 7.48. The van der Waals surface area contributed by atoms with Crippen LogP contribution in [0.5, 0.6) is 0 Å². The van der Waals surface area contributed by atoms with Gasteiger partial charge >= 0.3 is 12.0 Å². The van der Waals surface area contributed by atoms with E-state index >= 15 is 0 Å². The Kier molecular flexibility index (Phi) is 7.33. The molecule has 5 rings (SSSR count). The Bertz CT molecular complexity index is 1340. The van der Waals surface area contributed by atoms with Gasteiger partial charge in [-0.3, -0.25) is 5.32 Å². The van der Waals surface area contributed by atoms with Crippen molar-refractivity contribution < 1.29 is 18.7 Å². The number of aryl methyl sites for hydroxylation is 1. The molecule has 0 saturated heterocycles. The highest BCUT2D eigenvalue weighted by Crippen LogP contribution is 2.40. The molecule has 0 fully saturated rings. The van der Waals surface area contributed by atoms with Crippen LogP contribution >= 0.6 is 22.7 Å². The highest BCUT2D eigenvalue weighted by Gasteiger charge is 2.30. The lowest BCUT2D eigenvalue weighted by molar-refractivity contribution is 0.00699. The molecule has 0 unspecified atom stereocenters. The second kappa shape index (κ2) is 10.5. The fourth-order valence-electron chi connectivity index (χ4n) is 4.88. The van der Waals surface area contributed by atoms with Gasteiger partial charge in [0.05, 0.1) is 5.56 Å². The summed E-state index contributed by atoms with van der Waals surface area (Å²) >= 11 is 3.09. The van der Waals surface area contributed by atoms with Gasteiger partial charge in [0, 0.05) is 40.0 Å². The SMILES string of the molecule is CC(C)(C)OC(=O)c1c(NC(=O)NCc2c(-c3ccnc(F)c3)sc3c2CCNC3)sc2c1CCCC2. The molecule has 0 atom stereocenters. The molecule has 0 spiro atoms. The fraction of sp³-hybridized carbons (Fsp3) is 0.444. The van der Waals surface area contributed by atoms with Gasteiger partial charge in [0.25, 0.3) is 0 Å². The molecule has 7 nitrogen and oxygen atoms in total. The number of esters is 1.